The highest BCUT2D eigenvalue weighted by atomic mass is 35.5. The van der Waals surface area contributed by atoms with E-state index in [1.807, 2.05) is 13.8 Å². The molecule has 1 N–H and O–H groups in total. The van der Waals surface area contributed by atoms with Crippen molar-refractivity contribution in [3.63, 3.8) is 0 Å². The smallest absolute Gasteiger partial charge is 0.291 e. The van der Waals surface area contributed by atoms with Crippen molar-refractivity contribution in [3.8, 4) is 0 Å². The zero-order valence-corrected chi connectivity index (χ0v) is 12.1. The molecule has 106 valence electrons. The summed E-state index contributed by atoms with van der Waals surface area (Å²) in [4.78, 5) is 12.2. The van der Waals surface area contributed by atoms with Crippen molar-refractivity contribution in [2.24, 2.45) is 5.92 Å². The zero-order valence-electron chi connectivity index (χ0n) is 11.4. The summed E-state index contributed by atoms with van der Waals surface area (Å²) < 4.78 is 6.91. The highest BCUT2D eigenvalue weighted by molar-refractivity contribution is 6.32. The van der Waals surface area contributed by atoms with Crippen molar-refractivity contribution in [2.75, 3.05) is 18.5 Å². The summed E-state index contributed by atoms with van der Waals surface area (Å²) in [7, 11) is 0. The third-order valence-corrected chi connectivity index (χ3v) is 3.27. The first kappa shape index (κ1) is 14.3. The minimum Gasteiger partial charge on any atom is -0.377 e. The average Bonchev–Trinajstić information content (AvgIpc) is 3.15. The van der Waals surface area contributed by atoms with Crippen LogP contribution >= 0.6 is 11.6 Å². The lowest BCUT2D eigenvalue weighted by molar-refractivity contribution is 0.0870. The molecule has 1 aliphatic rings. The van der Waals surface area contributed by atoms with E-state index in [4.69, 9.17) is 16.3 Å². The molecule has 0 atom stereocenters. The Kier molecular flexibility index (Phi) is 4.82. The summed E-state index contributed by atoms with van der Waals surface area (Å²) in [5, 5.41) is 7.48. The van der Waals surface area contributed by atoms with Crippen molar-refractivity contribution in [1.29, 1.82) is 0 Å². The van der Waals surface area contributed by atoms with Crippen LogP contribution in [0.2, 0.25) is 5.02 Å². The number of aromatic nitrogens is 2. The topological polar surface area (TPSA) is 56.1 Å². The van der Waals surface area contributed by atoms with Gasteiger partial charge in [-0.05, 0) is 32.6 Å². The van der Waals surface area contributed by atoms with Crippen LogP contribution in [0, 0.1) is 5.92 Å². The summed E-state index contributed by atoms with van der Waals surface area (Å²) in [6, 6.07) is 0. The molecule has 1 aliphatic carbocycles. The normalized spacial score (nSPS) is 14.9. The van der Waals surface area contributed by atoms with Gasteiger partial charge in [0.1, 0.15) is 5.69 Å². The van der Waals surface area contributed by atoms with Gasteiger partial charge in [-0.25, -0.2) is 4.68 Å². The molecule has 0 saturated heterocycles. The molecule has 19 heavy (non-hydrogen) atoms. The van der Waals surface area contributed by atoms with Crippen LogP contribution in [-0.2, 0) is 11.3 Å². The Balaban J connectivity index is 1.99. The number of halogens is 1. The predicted octanol–water partition coefficient (Wildman–Crippen LogP) is 2.14. The van der Waals surface area contributed by atoms with E-state index in [0.29, 0.717) is 36.3 Å². The third kappa shape index (κ3) is 4.21. The van der Waals surface area contributed by atoms with Crippen LogP contribution in [0.15, 0.2) is 11.0 Å². The molecule has 6 heteroatoms. The second-order valence-corrected chi connectivity index (χ2v) is 5.55. The molecule has 1 saturated carbocycles. The highest BCUT2D eigenvalue weighted by Crippen LogP contribution is 2.30. The molecule has 0 aliphatic heterocycles. The molecule has 0 aromatic carbocycles. The van der Waals surface area contributed by atoms with Crippen LogP contribution in [0.5, 0.6) is 0 Å². The molecule has 1 aromatic heterocycles. The summed E-state index contributed by atoms with van der Waals surface area (Å²) in [5.41, 5.74) is 0.272. The summed E-state index contributed by atoms with van der Waals surface area (Å²) in [6.45, 7) is 5.73. The molecule has 2 rings (SSSR count). The zero-order chi connectivity index (χ0) is 13.8. The fourth-order valence-corrected chi connectivity index (χ4v) is 1.97. The summed E-state index contributed by atoms with van der Waals surface area (Å²) in [6.07, 6.45) is 4.07. The van der Waals surface area contributed by atoms with Crippen LogP contribution in [0.1, 0.15) is 26.7 Å². The van der Waals surface area contributed by atoms with Gasteiger partial charge in [0.15, 0.2) is 0 Å². The van der Waals surface area contributed by atoms with E-state index in [1.54, 1.807) is 0 Å². The maximum atomic E-state index is 12.2. The van der Waals surface area contributed by atoms with Gasteiger partial charge in [-0.2, -0.15) is 5.10 Å². The minimum absolute atomic E-state index is 0.149. The van der Waals surface area contributed by atoms with Crippen LogP contribution in [0.3, 0.4) is 0 Å². The predicted molar refractivity (Wildman–Crippen MR) is 75.8 cm³/mol. The molecular formula is C13H20ClN3O2. The number of ether oxygens (including phenoxy) is 1. The number of nitrogens with one attached hydrogen (secondary N) is 1. The molecule has 0 unspecified atom stereocenters. The summed E-state index contributed by atoms with van der Waals surface area (Å²) >= 11 is 6.02. The van der Waals surface area contributed by atoms with Crippen molar-refractivity contribution in [1.82, 2.24) is 9.78 Å². The molecule has 1 fully saturated rings. The van der Waals surface area contributed by atoms with Crippen molar-refractivity contribution in [2.45, 2.75) is 39.3 Å². The van der Waals surface area contributed by atoms with E-state index < -0.39 is 0 Å². The molecule has 1 aromatic rings. The Labute approximate surface area is 117 Å². The Morgan fingerprint density at radius 1 is 1.58 bits per heavy atom. The first-order valence-corrected chi connectivity index (χ1v) is 7.07. The number of hydrogen-bond donors (Lipinski definition) is 1. The van der Waals surface area contributed by atoms with E-state index in [9.17, 15) is 4.79 Å². The van der Waals surface area contributed by atoms with Crippen LogP contribution < -0.4 is 10.9 Å². The van der Waals surface area contributed by atoms with E-state index >= 15 is 0 Å². The number of hydrogen-bond acceptors (Lipinski definition) is 4. The van der Waals surface area contributed by atoms with Gasteiger partial charge in [-0.3, -0.25) is 4.79 Å². The minimum atomic E-state index is -0.149. The number of anilines is 1. The third-order valence-electron chi connectivity index (χ3n) is 2.98. The van der Waals surface area contributed by atoms with Gasteiger partial charge < -0.3 is 10.1 Å². The fraction of sp³-hybridized carbons (Fsp3) is 0.692. The SMILES string of the molecule is CC(C)OCCNc1c(Cl)cnn(CC2CC2)c1=O. The molecule has 1 heterocycles. The monoisotopic (exact) mass is 285 g/mol. The molecule has 0 spiro atoms. The van der Waals surface area contributed by atoms with E-state index in [2.05, 4.69) is 10.4 Å². The van der Waals surface area contributed by atoms with E-state index in [0.717, 1.165) is 0 Å². The Bertz CT molecular complexity index is 483. The second kappa shape index (κ2) is 6.39. The fourth-order valence-electron chi connectivity index (χ4n) is 1.77. The molecule has 5 nitrogen and oxygen atoms in total. The van der Waals surface area contributed by atoms with Gasteiger partial charge in [-0.1, -0.05) is 11.6 Å². The Hall–Kier alpha value is -1.07. The lowest BCUT2D eigenvalue weighted by atomic mass is 10.4. The Morgan fingerprint density at radius 2 is 2.32 bits per heavy atom. The average molecular weight is 286 g/mol. The largest absolute Gasteiger partial charge is 0.377 e. The second-order valence-electron chi connectivity index (χ2n) is 5.14. The molecular weight excluding hydrogens is 266 g/mol. The van der Waals surface area contributed by atoms with Gasteiger partial charge in [0, 0.05) is 13.1 Å². The number of nitrogens with zero attached hydrogens (tertiary/aromatic N) is 2. The van der Waals surface area contributed by atoms with Gasteiger partial charge >= 0.3 is 0 Å². The maximum absolute atomic E-state index is 12.2. The quantitative estimate of drug-likeness (QED) is 0.780. The van der Waals surface area contributed by atoms with Crippen LogP contribution in [-0.4, -0.2) is 29.0 Å². The van der Waals surface area contributed by atoms with Crippen molar-refractivity contribution in [3.05, 3.63) is 21.6 Å². The number of rotatable bonds is 7. The van der Waals surface area contributed by atoms with Gasteiger partial charge in [0.2, 0.25) is 0 Å². The van der Waals surface area contributed by atoms with Crippen molar-refractivity contribution >= 4 is 17.3 Å². The Morgan fingerprint density at radius 3 is 2.95 bits per heavy atom. The lowest BCUT2D eigenvalue weighted by Gasteiger charge is -2.11. The van der Waals surface area contributed by atoms with Crippen LogP contribution in [0.25, 0.3) is 0 Å². The molecule has 0 radical (unpaired) electrons. The van der Waals surface area contributed by atoms with Crippen molar-refractivity contribution < 1.29 is 4.74 Å². The maximum Gasteiger partial charge on any atom is 0.291 e. The van der Waals surface area contributed by atoms with Gasteiger partial charge in [-0.15, -0.1) is 0 Å². The first-order valence-electron chi connectivity index (χ1n) is 6.69. The van der Waals surface area contributed by atoms with E-state index in [-0.39, 0.29) is 11.7 Å². The summed E-state index contributed by atoms with van der Waals surface area (Å²) in [5.74, 6) is 0.600. The highest BCUT2D eigenvalue weighted by Gasteiger charge is 2.23. The van der Waals surface area contributed by atoms with E-state index in [1.165, 1.54) is 23.7 Å². The van der Waals surface area contributed by atoms with Crippen LogP contribution in [0.4, 0.5) is 5.69 Å². The van der Waals surface area contributed by atoms with Gasteiger partial charge in [0.25, 0.3) is 5.56 Å². The standard InChI is InChI=1S/C13H20ClN3O2/c1-9(2)19-6-5-15-12-11(14)7-16-17(13(12)18)8-10-3-4-10/h7,9-10,15H,3-6,8H2,1-2H3. The molecule has 0 bridgehead atoms. The lowest BCUT2D eigenvalue weighted by Crippen LogP contribution is -2.28. The van der Waals surface area contributed by atoms with Gasteiger partial charge in [0.05, 0.1) is 23.9 Å². The first-order chi connectivity index (χ1) is 9.08. The molecule has 0 amide bonds.